The van der Waals surface area contributed by atoms with Crippen LogP contribution in [0.1, 0.15) is 30.9 Å². The lowest BCUT2D eigenvalue weighted by Crippen LogP contribution is -2.11. The van der Waals surface area contributed by atoms with Crippen LogP contribution in [0.15, 0.2) is 6.33 Å². The minimum absolute atomic E-state index is 0.0865. The van der Waals surface area contributed by atoms with Gasteiger partial charge in [0.15, 0.2) is 5.65 Å². The SMILES string of the molecule is Cc1c(Cl)nc2c(ncn2C2CCC(C(=O)O)C2)c1Cl. The molecule has 2 unspecified atom stereocenters. The molecule has 0 radical (unpaired) electrons. The van der Waals surface area contributed by atoms with E-state index >= 15 is 0 Å². The Balaban J connectivity index is 2.04. The number of pyridine rings is 1. The molecule has 2 aromatic heterocycles. The first-order valence-corrected chi connectivity index (χ1v) is 7.15. The van der Waals surface area contributed by atoms with Gasteiger partial charge in [-0.25, -0.2) is 9.97 Å². The van der Waals surface area contributed by atoms with Crippen LogP contribution in [0.5, 0.6) is 0 Å². The number of nitrogens with zero attached hydrogens (tertiary/aromatic N) is 3. The van der Waals surface area contributed by atoms with E-state index in [-0.39, 0.29) is 12.0 Å². The van der Waals surface area contributed by atoms with Crippen LogP contribution in [0.25, 0.3) is 11.2 Å². The fourth-order valence-electron chi connectivity index (χ4n) is 2.77. The lowest BCUT2D eigenvalue weighted by atomic mass is 10.1. The molecule has 1 aliphatic carbocycles. The third kappa shape index (κ3) is 2.05. The van der Waals surface area contributed by atoms with Crippen molar-refractivity contribution in [2.45, 2.75) is 32.2 Å². The molecule has 0 aliphatic heterocycles. The van der Waals surface area contributed by atoms with Crippen LogP contribution in [0, 0.1) is 12.8 Å². The third-order valence-corrected chi connectivity index (χ3v) is 4.80. The molecule has 2 aromatic rings. The topological polar surface area (TPSA) is 68.0 Å². The van der Waals surface area contributed by atoms with E-state index in [1.807, 2.05) is 4.57 Å². The highest BCUT2D eigenvalue weighted by atomic mass is 35.5. The smallest absolute Gasteiger partial charge is 0.306 e. The summed E-state index contributed by atoms with van der Waals surface area (Å²) < 4.78 is 1.90. The summed E-state index contributed by atoms with van der Waals surface area (Å²) in [6, 6.07) is 0.0865. The van der Waals surface area contributed by atoms with Gasteiger partial charge in [0.2, 0.25) is 0 Å². The fourth-order valence-corrected chi connectivity index (χ4v) is 3.21. The van der Waals surface area contributed by atoms with Gasteiger partial charge < -0.3 is 9.67 Å². The number of halogens is 2. The number of carboxylic acid groups (broad SMARTS) is 1. The van der Waals surface area contributed by atoms with Crippen molar-refractivity contribution < 1.29 is 9.90 Å². The van der Waals surface area contributed by atoms with Crippen LogP contribution in [0.2, 0.25) is 10.2 Å². The Labute approximate surface area is 125 Å². The summed E-state index contributed by atoms with van der Waals surface area (Å²) in [6.45, 7) is 1.80. The number of carbonyl (C=O) groups is 1. The van der Waals surface area contributed by atoms with Crippen molar-refractivity contribution in [2.75, 3.05) is 0 Å². The summed E-state index contributed by atoms with van der Waals surface area (Å²) in [7, 11) is 0. The van der Waals surface area contributed by atoms with Crippen LogP contribution in [-0.4, -0.2) is 25.6 Å². The molecule has 5 nitrogen and oxygen atoms in total. The first-order valence-electron chi connectivity index (χ1n) is 6.40. The first kappa shape index (κ1) is 13.6. The van der Waals surface area contributed by atoms with Crippen molar-refractivity contribution in [3.8, 4) is 0 Å². The maximum Gasteiger partial charge on any atom is 0.306 e. The standard InChI is InChI=1S/C13H13Cl2N3O2/c1-6-9(14)10-12(17-11(6)15)18(5-16-10)8-3-2-7(4-8)13(19)20/h5,7-8H,2-4H2,1H3,(H,19,20). The summed E-state index contributed by atoms with van der Waals surface area (Å²) in [5.74, 6) is -1.04. The monoisotopic (exact) mass is 313 g/mol. The largest absolute Gasteiger partial charge is 0.481 e. The molecule has 0 saturated heterocycles. The molecule has 106 valence electrons. The highest BCUT2D eigenvalue weighted by molar-refractivity contribution is 6.38. The normalized spacial score (nSPS) is 22.6. The minimum Gasteiger partial charge on any atom is -0.481 e. The van der Waals surface area contributed by atoms with Crippen molar-refractivity contribution in [2.24, 2.45) is 5.92 Å². The zero-order valence-electron chi connectivity index (χ0n) is 10.8. The number of carboxylic acids is 1. The first-order chi connectivity index (χ1) is 9.49. The van der Waals surface area contributed by atoms with Crippen LogP contribution in [-0.2, 0) is 4.79 Å². The molecular formula is C13H13Cl2N3O2. The van der Waals surface area contributed by atoms with Crippen molar-refractivity contribution in [3.05, 3.63) is 22.1 Å². The van der Waals surface area contributed by atoms with E-state index in [0.29, 0.717) is 39.7 Å². The molecule has 1 aliphatic rings. The number of rotatable bonds is 2. The van der Waals surface area contributed by atoms with Gasteiger partial charge in [0.1, 0.15) is 10.7 Å². The molecule has 0 bridgehead atoms. The highest BCUT2D eigenvalue weighted by Gasteiger charge is 2.32. The Kier molecular flexibility index (Phi) is 3.34. The van der Waals surface area contributed by atoms with Gasteiger partial charge in [0.25, 0.3) is 0 Å². The number of hydrogen-bond donors (Lipinski definition) is 1. The Morgan fingerprint density at radius 3 is 2.85 bits per heavy atom. The van der Waals surface area contributed by atoms with Crippen LogP contribution in [0.3, 0.4) is 0 Å². The molecular weight excluding hydrogens is 301 g/mol. The maximum absolute atomic E-state index is 11.1. The lowest BCUT2D eigenvalue weighted by molar-refractivity contribution is -0.141. The van der Waals surface area contributed by atoms with E-state index in [9.17, 15) is 4.79 Å². The Hall–Kier alpha value is -1.33. The van der Waals surface area contributed by atoms with Crippen LogP contribution >= 0.6 is 23.2 Å². The summed E-state index contributed by atoms with van der Waals surface area (Å²) in [4.78, 5) is 19.7. The van der Waals surface area contributed by atoms with Crippen LogP contribution in [0.4, 0.5) is 0 Å². The molecule has 1 N–H and O–H groups in total. The molecule has 1 fully saturated rings. The Morgan fingerprint density at radius 2 is 2.20 bits per heavy atom. The average molecular weight is 314 g/mol. The van der Waals surface area contributed by atoms with E-state index in [2.05, 4.69) is 9.97 Å². The summed E-state index contributed by atoms with van der Waals surface area (Å²) in [6.07, 6.45) is 3.74. The summed E-state index contributed by atoms with van der Waals surface area (Å²) in [5.41, 5.74) is 1.95. The Bertz CT molecular complexity index is 698. The van der Waals surface area contributed by atoms with Gasteiger partial charge in [-0.2, -0.15) is 0 Å². The zero-order chi connectivity index (χ0) is 14.4. The second-order valence-electron chi connectivity index (χ2n) is 5.17. The molecule has 2 atom stereocenters. The predicted octanol–water partition coefficient (Wildman–Crippen LogP) is 3.47. The number of imidazole rings is 1. The number of fused-ring (bicyclic) bond motifs is 1. The third-order valence-electron chi connectivity index (χ3n) is 3.97. The number of hydrogen-bond acceptors (Lipinski definition) is 3. The van der Waals surface area contributed by atoms with Gasteiger partial charge in [-0.1, -0.05) is 23.2 Å². The quantitative estimate of drug-likeness (QED) is 0.862. The van der Waals surface area contributed by atoms with Gasteiger partial charge in [0.05, 0.1) is 17.3 Å². The van der Waals surface area contributed by atoms with Crippen molar-refractivity contribution >= 4 is 40.3 Å². The van der Waals surface area contributed by atoms with E-state index in [4.69, 9.17) is 28.3 Å². The molecule has 20 heavy (non-hydrogen) atoms. The van der Waals surface area contributed by atoms with Crippen molar-refractivity contribution in [1.82, 2.24) is 14.5 Å². The fraction of sp³-hybridized carbons (Fsp3) is 0.462. The van der Waals surface area contributed by atoms with Gasteiger partial charge in [0, 0.05) is 11.6 Å². The van der Waals surface area contributed by atoms with E-state index < -0.39 is 5.97 Å². The van der Waals surface area contributed by atoms with Gasteiger partial charge in [-0.3, -0.25) is 4.79 Å². The zero-order valence-corrected chi connectivity index (χ0v) is 12.3. The molecule has 7 heteroatoms. The second kappa shape index (κ2) is 4.90. The molecule has 0 amide bonds. The van der Waals surface area contributed by atoms with E-state index in [0.717, 1.165) is 6.42 Å². The molecule has 1 saturated carbocycles. The molecule has 3 rings (SSSR count). The maximum atomic E-state index is 11.1. The number of aromatic nitrogens is 3. The van der Waals surface area contributed by atoms with Gasteiger partial charge in [-0.05, 0) is 26.2 Å². The van der Waals surface area contributed by atoms with E-state index in [1.54, 1.807) is 13.3 Å². The van der Waals surface area contributed by atoms with Gasteiger partial charge >= 0.3 is 5.97 Å². The van der Waals surface area contributed by atoms with Gasteiger partial charge in [-0.15, -0.1) is 0 Å². The lowest BCUT2D eigenvalue weighted by Gasteiger charge is -2.12. The van der Waals surface area contributed by atoms with Crippen molar-refractivity contribution in [3.63, 3.8) is 0 Å². The van der Waals surface area contributed by atoms with Crippen molar-refractivity contribution in [1.29, 1.82) is 0 Å². The van der Waals surface area contributed by atoms with E-state index in [1.165, 1.54) is 0 Å². The minimum atomic E-state index is -0.739. The van der Waals surface area contributed by atoms with Crippen LogP contribution < -0.4 is 0 Å². The second-order valence-corrected chi connectivity index (χ2v) is 5.90. The molecule has 0 aromatic carbocycles. The number of aliphatic carboxylic acids is 1. The molecule has 2 heterocycles. The summed E-state index contributed by atoms with van der Waals surface area (Å²) in [5, 5.41) is 9.95. The highest BCUT2D eigenvalue weighted by Crippen LogP contribution is 2.38. The molecule has 0 spiro atoms. The Morgan fingerprint density at radius 1 is 1.45 bits per heavy atom. The predicted molar refractivity (Wildman–Crippen MR) is 76.3 cm³/mol. The average Bonchev–Trinajstić information content (AvgIpc) is 3.01. The summed E-state index contributed by atoms with van der Waals surface area (Å²) >= 11 is 12.3.